The van der Waals surface area contributed by atoms with Crippen molar-refractivity contribution in [3.63, 3.8) is 0 Å². The number of para-hydroxylation sites is 1. The summed E-state index contributed by atoms with van der Waals surface area (Å²) in [4.78, 5) is 35.4. The molecule has 1 aromatic heterocycles. The van der Waals surface area contributed by atoms with Crippen molar-refractivity contribution < 1.29 is 9.59 Å². The molecule has 1 aliphatic heterocycles. The van der Waals surface area contributed by atoms with Gasteiger partial charge in [-0.3, -0.25) is 15.2 Å². The zero-order chi connectivity index (χ0) is 17.6. The molecule has 0 aliphatic carbocycles. The molecule has 0 atom stereocenters. The number of rotatable bonds is 2. The Hall–Kier alpha value is -2.87. The van der Waals surface area contributed by atoms with Gasteiger partial charge in [0.2, 0.25) is 0 Å². The van der Waals surface area contributed by atoms with Crippen LogP contribution in [0, 0.1) is 0 Å². The Morgan fingerprint density at radius 1 is 1.04 bits per heavy atom. The smallest absolute Gasteiger partial charge is 0.336 e. The van der Waals surface area contributed by atoms with Gasteiger partial charge in [0.05, 0.1) is 16.9 Å². The number of piperazine rings is 1. The molecule has 8 nitrogen and oxygen atoms in total. The van der Waals surface area contributed by atoms with Crippen molar-refractivity contribution in [2.75, 3.05) is 31.1 Å². The molecule has 3 amide bonds. The maximum atomic E-state index is 12.2. The second kappa shape index (κ2) is 7.80. The number of halogens is 1. The van der Waals surface area contributed by atoms with Crippen LogP contribution in [0.3, 0.4) is 0 Å². The highest BCUT2D eigenvalue weighted by Gasteiger charge is 2.22. The Bertz CT molecular complexity index is 749. The first-order chi connectivity index (χ1) is 12.1. The second-order valence-electron chi connectivity index (χ2n) is 5.40. The summed E-state index contributed by atoms with van der Waals surface area (Å²) < 4.78 is 0. The summed E-state index contributed by atoms with van der Waals surface area (Å²) in [5.74, 6) is -0.517. The number of hydrogen-bond acceptors (Lipinski definition) is 5. The number of nitrogens with zero attached hydrogens (tertiary/aromatic N) is 4. The lowest BCUT2D eigenvalue weighted by atomic mass is 10.2. The highest BCUT2D eigenvalue weighted by Crippen LogP contribution is 2.25. The average molecular weight is 361 g/mol. The Labute approximate surface area is 149 Å². The van der Waals surface area contributed by atoms with Gasteiger partial charge in [-0.25, -0.2) is 15.2 Å². The van der Waals surface area contributed by atoms with Gasteiger partial charge in [0.1, 0.15) is 5.69 Å². The van der Waals surface area contributed by atoms with E-state index >= 15 is 0 Å². The van der Waals surface area contributed by atoms with Gasteiger partial charge in [-0.2, -0.15) is 0 Å². The molecule has 0 bridgehead atoms. The molecule has 25 heavy (non-hydrogen) atoms. The summed E-state index contributed by atoms with van der Waals surface area (Å²) in [7, 11) is 0. The lowest BCUT2D eigenvalue weighted by Crippen LogP contribution is -2.55. The van der Waals surface area contributed by atoms with E-state index in [1.54, 1.807) is 4.90 Å². The van der Waals surface area contributed by atoms with Gasteiger partial charge in [0, 0.05) is 38.6 Å². The van der Waals surface area contributed by atoms with Crippen LogP contribution in [0.15, 0.2) is 42.9 Å². The third-order valence-electron chi connectivity index (χ3n) is 3.84. The first-order valence-electron chi connectivity index (χ1n) is 7.76. The Morgan fingerprint density at radius 2 is 1.80 bits per heavy atom. The van der Waals surface area contributed by atoms with E-state index in [9.17, 15) is 9.59 Å². The number of carbonyl (C=O) groups is 2. The van der Waals surface area contributed by atoms with Gasteiger partial charge in [-0.05, 0) is 12.1 Å². The first-order valence-corrected chi connectivity index (χ1v) is 8.13. The molecule has 2 heterocycles. The minimum Gasteiger partial charge on any atom is -0.367 e. The summed E-state index contributed by atoms with van der Waals surface area (Å²) in [5, 5.41) is 0.691. The second-order valence-corrected chi connectivity index (χ2v) is 5.81. The van der Waals surface area contributed by atoms with Crippen LogP contribution >= 0.6 is 11.6 Å². The van der Waals surface area contributed by atoms with Crippen LogP contribution in [0.25, 0.3) is 0 Å². The van der Waals surface area contributed by atoms with E-state index in [0.717, 1.165) is 5.69 Å². The zero-order valence-electron chi connectivity index (χ0n) is 13.4. The van der Waals surface area contributed by atoms with E-state index < -0.39 is 5.91 Å². The van der Waals surface area contributed by atoms with Crippen LogP contribution in [0.2, 0.25) is 5.02 Å². The molecule has 0 unspecified atom stereocenters. The molecular formula is C16H17ClN6O2. The van der Waals surface area contributed by atoms with E-state index in [-0.39, 0.29) is 11.7 Å². The third-order valence-corrected chi connectivity index (χ3v) is 4.16. The fraction of sp³-hybridized carbons (Fsp3) is 0.250. The molecule has 9 heteroatoms. The average Bonchev–Trinajstić information content (AvgIpc) is 2.67. The number of hydrogen-bond donors (Lipinski definition) is 2. The number of anilines is 1. The number of urea groups is 1. The topological polar surface area (TPSA) is 90.5 Å². The van der Waals surface area contributed by atoms with Crippen molar-refractivity contribution in [2.24, 2.45) is 0 Å². The largest absolute Gasteiger partial charge is 0.367 e. The van der Waals surface area contributed by atoms with Gasteiger partial charge in [-0.15, -0.1) is 0 Å². The fourth-order valence-corrected chi connectivity index (χ4v) is 2.78. The minimum atomic E-state index is -0.517. The third kappa shape index (κ3) is 4.16. The molecule has 3 rings (SSSR count). The molecular weight excluding hydrogens is 344 g/mol. The summed E-state index contributed by atoms with van der Waals surface area (Å²) in [6.07, 6.45) is 4.20. The summed E-state index contributed by atoms with van der Waals surface area (Å²) >= 11 is 6.21. The van der Waals surface area contributed by atoms with Crippen molar-refractivity contribution in [2.45, 2.75) is 0 Å². The minimum absolute atomic E-state index is 0.131. The predicted molar refractivity (Wildman–Crippen MR) is 93.3 cm³/mol. The fourth-order valence-electron chi connectivity index (χ4n) is 2.53. The summed E-state index contributed by atoms with van der Waals surface area (Å²) in [6.45, 7) is 2.38. The molecule has 0 radical (unpaired) electrons. The molecule has 2 N–H and O–H groups in total. The zero-order valence-corrected chi connectivity index (χ0v) is 14.1. The maximum absolute atomic E-state index is 12.2. The van der Waals surface area contributed by atoms with Crippen LogP contribution in [0.1, 0.15) is 10.5 Å². The number of carbonyl (C=O) groups excluding carboxylic acids is 2. The first kappa shape index (κ1) is 17.0. The van der Waals surface area contributed by atoms with E-state index in [4.69, 9.17) is 11.6 Å². The number of benzene rings is 1. The van der Waals surface area contributed by atoms with Crippen LogP contribution in [-0.4, -0.2) is 53.0 Å². The normalized spacial score (nSPS) is 14.1. The van der Waals surface area contributed by atoms with Crippen molar-refractivity contribution in [3.8, 4) is 0 Å². The van der Waals surface area contributed by atoms with Crippen LogP contribution in [-0.2, 0) is 0 Å². The molecule has 130 valence electrons. The number of amides is 3. The molecule has 1 aliphatic rings. The van der Waals surface area contributed by atoms with Crippen molar-refractivity contribution in [3.05, 3.63) is 53.6 Å². The lowest BCUT2D eigenvalue weighted by molar-refractivity contribution is 0.0924. The number of nitrogens with one attached hydrogen (secondary N) is 2. The molecule has 1 saturated heterocycles. The van der Waals surface area contributed by atoms with Gasteiger partial charge in [-0.1, -0.05) is 23.7 Å². The molecule has 0 saturated carbocycles. The molecule has 0 spiro atoms. The highest BCUT2D eigenvalue weighted by atomic mass is 35.5. The maximum Gasteiger partial charge on any atom is 0.336 e. The van der Waals surface area contributed by atoms with Crippen LogP contribution in [0.5, 0.6) is 0 Å². The van der Waals surface area contributed by atoms with Gasteiger partial charge >= 0.3 is 6.03 Å². The molecule has 1 fully saturated rings. The Balaban J connectivity index is 1.49. The number of aromatic nitrogens is 2. The molecule has 1 aromatic carbocycles. The summed E-state index contributed by atoms with van der Waals surface area (Å²) in [6, 6.07) is 7.26. The lowest BCUT2D eigenvalue weighted by Gasteiger charge is -2.36. The standard InChI is InChI=1S/C16H17ClN6O2/c17-12-3-1-2-4-14(12)22-7-9-23(10-8-22)16(25)21-20-15(24)13-11-18-5-6-19-13/h1-6,11H,7-10H2,(H,20,24)(H,21,25). The van der Waals surface area contributed by atoms with E-state index in [1.165, 1.54) is 18.6 Å². The van der Waals surface area contributed by atoms with Crippen LogP contribution < -0.4 is 15.8 Å². The monoisotopic (exact) mass is 360 g/mol. The van der Waals surface area contributed by atoms with E-state index in [2.05, 4.69) is 25.7 Å². The van der Waals surface area contributed by atoms with Gasteiger partial charge < -0.3 is 9.80 Å². The molecule has 2 aromatic rings. The van der Waals surface area contributed by atoms with Crippen LogP contribution in [0.4, 0.5) is 10.5 Å². The van der Waals surface area contributed by atoms with Crippen molar-refractivity contribution in [1.29, 1.82) is 0 Å². The quantitative estimate of drug-likeness (QED) is 0.788. The van der Waals surface area contributed by atoms with Gasteiger partial charge in [0.15, 0.2) is 0 Å². The van der Waals surface area contributed by atoms with E-state index in [0.29, 0.717) is 31.2 Å². The highest BCUT2D eigenvalue weighted by molar-refractivity contribution is 6.33. The van der Waals surface area contributed by atoms with E-state index in [1.807, 2.05) is 24.3 Å². The number of hydrazine groups is 1. The Kier molecular flexibility index (Phi) is 5.30. The summed E-state index contributed by atoms with van der Waals surface area (Å²) in [5.41, 5.74) is 5.81. The SMILES string of the molecule is O=C(NNC(=O)N1CCN(c2ccccc2Cl)CC1)c1cnccn1. The Morgan fingerprint density at radius 3 is 2.48 bits per heavy atom. The van der Waals surface area contributed by atoms with Crippen molar-refractivity contribution >= 4 is 29.2 Å². The predicted octanol–water partition coefficient (Wildman–Crippen LogP) is 1.31. The van der Waals surface area contributed by atoms with Gasteiger partial charge in [0.25, 0.3) is 5.91 Å². The van der Waals surface area contributed by atoms with Crippen molar-refractivity contribution in [1.82, 2.24) is 25.7 Å².